The molecule has 0 aliphatic rings. The summed E-state index contributed by atoms with van der Waals surface area (Å²) in [5.74, 6) is -4.56. The van der Waals surface area contributed by atoms with Gasteiger partial charge in [0.1, 0.15) is 11.4 Å². The lowest BCUT2D eigenvalue weighted by atomic mass is 10.2. The smallest absolute Gasteiger partial charge is 0.471 e. The van der Waals surface area contributed by atoms with Gasteiger partial charge in [-0.1, -0.05) is 11.6 Å². The average Bonchev–Trinajstić information content (AvgIpc) is 2.21. The molecule has 98 valence electrons. The van der Waals surface area contributed by atoms with Crippen molar-refractivity contribution in [2.24, 2.45) is 0 Å². The fourth-order valence-corrected chi connectivity index (χ4v) is 1.17. The molecule has 1 aromatic rings. The van der Waals surface area contributed by atoms with Crippen molar-refractivity contribution in [3.8, 4) is 0 Å². The SMILES string of the molecule is Cc1nc(NC(=O)C(F)(F)F)c(C(=O)O)cc1Cl. The average molecular weight is 283 g/mol. The summed E-state index contributed by atoms with van der Waals surface area (Å²) < 4.78 is 36.1. The fraction of sp³-hybridized carbons (Fsp3) is 0.222. The van der Waals surface area contributed by atoms with Gasteiger partial charge in [-0.25, -0.2) is 9.78 Å². The van der Waals surface area contributed by atoms with Gasteiger partial charge >= 0.3 is 18.1 Å². The molecule has 5 nitrogen and oxygen atoms in total. The lowest BCUT2D eigenvalue weighted by Gasteiger charge is -2.10. The molecule has 0 aliphatic heterocycles. The maximum absolute atomic E-state index is 12.0. The molecule has 18 heavy (non-hydrogen) atoms. The third-order valence-electron chi connectivity index (χ3n) is 1.87. The van der Waals surface area contributed by atoms with E-state index in [1.165, 1.54) is 12.2 Å². The molecule has 0 saturated heterocycles. The molecule has 1 amide bonds. The zero-order valence-electron chi connectivity index (χ0n) is 8.80. The first-order valence-electron chi connectivity index (χ1n) is 4.41. The molecular formula is C9H6ClF3N2O3. The van der Waals surface area contributed by atoms with E-state index in [1.54, 1.807) is 0 Å². The van der Waals surface area contributed by atoms with Crippen molar-refractivity contribution in [2.75, 3.05) is 5.32 Å². The molecule has 1 heterocycles. The Hall–Kier alpha value is -1.83. The number of pyridine rings is 1. The fourth-order valence-electron chi connectivity index (χ4n) is 1.02. The van der Waals surface area contributed by atoms with Gasteiger partial charge in [-0.3, -0.25) is 4.79 Å². The molecule has 0 spiro atoms. The first-order chi connectivity index (χ1) is 8.12. The zero-order chi connectivity index (χ0) is 14.1. The number of hydrogen-bond donors (Lipinski definition) is 2. The van der Waals surface area contributed by atoms with Gasteiger partial charge in [0, 0.05) is 0 Å². The molecule has 0 bridgehead atoms. The number of aromatic nitrogens is 1. The number of aryl methyl sites for hydroxylation is 1. The summed E-state index contributed by atoms with van der Waals surface area (Å²) in [6.45, 7) is 1.36. The minimum atomic E-state index is -5.13. The summed E-state index contributed by atoms with van der Waals surface area (Å²) in [5.41, 5.74) is -0.526. The van der Waals surface area contributed by atoms with Gasteiger partial charge in [0.15, 0.2) is 0 Å². The third kappa shape index (κ3) is 3.10. The third-order valence-corrected chi connectivity index (χ3v) is 2.25. The second-order valence-corrected chi connectivity index (χ2v) is 3.62. The van der Waals surface area contributed by atoms with Gasteiger partial charge in [-0.15, -0.1) is 0 Å². The van der Waals surface area contributed by atoms with Gasteiger partial charge in [-0.05, 0) is 13.0 Å². The highest BCUT2D eigenvalue weighted by Gasteiger charge is 2.39. The van der Waals surface area contributed by atoms with E-state index in [4.69, 9.17) is 16.7 Å². The topological polar surface area (TPSA) is 79.3 Å². The van der Waals surface area contributed by atoms with Gasteiger partial charge in [0.05, 0.1) is 10.7 Å². The standard InChI is InChI=1S/C9H6ClF3N2O3/c1-3-5(10)2-4(7(16)17)6(14-3)15-8(18)9(11,12)13/h2H,1H3,(H,16,17)(H,14,15,18). The molecule has 2 N–H and O–H groups in total. The Bertz CT molecular complexity index is 517. The van der Waals surface area contributed by atoms with Gasteiger partial charge in [0.25, 0.3) is 0 Å². The number of anilines is 1. The summed E-state index contributed by atoms with van der Waals surface area (Å²) in [7, 11) is 0. The maximum Gasteiger partial charge on any atom is 0.471 e. The highest BCUT2D eigenvalue weighted by molar-refractivity contribution is 6.31. The molecule has 0 saturated carbocycles. The van der Waals surface area contributed by atoms with Crippen LogP contribution in [-0.4, -0.2) is 28.1 Å². The van der Waals surface area contributed by atoms with Crippen LogP contribution in [0.4, 0.5) is 19.0 Å². The van der Waals surface area contributed by atoms with E-state index in [0.29, 0.717) is 0 Å². The number of nitrogens with one attached hydrogen (secondary N) is 1. The molecule has 1 aromatic heterocycles. The van der Waals surface area contributed by atoms with E-state index in [2.05, 4.69) is 4.98 Å². The minimum absolute atomic E-state index is 0.0302. The van der Waals surface area contributed by atoms with Crippen LogP contribution in [0.15, 0.2) is 6.07 Å². The van der Waals surface area contributed by atoms with E-state index in [9.17, 15) is 22.8 Å². The van der Waals surface area contributed by atoms with Crippen LogP contribution >= 0.6 is 11.6 Å². The van der Waals surface area contributed by atoms with Crippen LogP contribution in [-0.2, 0) is 4.79 Å². The molecule has 0 radical (unpaired) electrons. The van der Waals surface area contributed by atoms with E-state index < -0.39 is 29.4 Å². The van der Waals surface area contributed by atoms with Crippen molar-refractivity contribution < 1.29 is 27.9 Å². The summed E-state index contributed by atoms with van der Waals surface area (Å²) in [6.07, 6.45) is -5.13. The summed E-state index contributed by atoms with van der Waals surface area (Å²) in [6, 6.07) is 0.915. The van der Waals surface area contributed by atoms with Crippen LogP contribution in [0.3, 0.4) is 0 Å². The number of carbonyl (C=O) groups is 2. The monoisotopic (exact) mass is 282 g/mol. The number of alkyl halides is 3. The zero-order valence-corrected chi connectivity index (χ0v) is 9.56. The Morgan fingerprint density at radius 1 is 1.44 bits per heavy atom. The van der Waals surface area contributed by atoms with Gasteiger partial charge in [0.2, 0.25) is 0 Å². The number of halogens is 4. The molecular weight excluding hydrogens is 277 g/mol. The maximum atomic E-state index is 12.0. The Kier molecular flexibility index (Phi) is 3.80. The van der Waals surface area contributed by atoms with Crippen LogP contribution in [0.1, 0.15) is 16.1 Å². The normalized spacial score (nSPS) is 11.2. The van der Waals surface area contributed by atoms with Gasteiger partial charge < -0.3 is 10.4 Å². The molecule has 1 rings (SSSR count). The van der Waals surface area contributed by atoms with E-state index in [-0.39, 0.29) is 10.7 Å². The van der Waals surface area contributed by atoms with Crippen LogP contribution < -0.4 is 5.32 Å². The number of aromatic carboxylic acids is 1. The molecule has 0 aromatic carbocycles. The van der Waals surface area contributed by atoms with Crippen LogP contribution in [0.2, 0.25) is 5.02 Å². The van der Waals surface area contributed by atoms with E-state index >= 15 is 0 Å². The molecule has 0 aliphatic carbocycles. The number of carboxylic acids is 1. The molecule has 0 unspecified atom stereocenters. The largest absolute Gasteiger partial charge is 0.478 e. The number of rotatable bonds is 2. The Morgan fingerprint density at radius 3 is 2.44 bits per heavy atom. The number of amides is 1. The Balaban J connectivity index is 3.20. The van der Waals surface area contributed by atoms with Crippen molar-refractivity contribution in [1.82, 2.24) is 4.98 Å². The highest BCUT2D eigenvalue weighted by atomic mass is 35.5. The predicted molar refractivity (Wildman–Crippen MR) is 55.6 cm³/mol. The summed E-state index contributed by atoms with van der Waals surface area (Å²) >= 11 is 5.60. The number of carbonyl (C=O) groups excluding carboxylic acids is 1. The van der Waals surface area contributed by atoms with Crippen LogP contribution in [0.25, 0.3) is 0 Å². The lowest BCUT2D eigenvalue weighted by Crippen LogP contribution is -2.31. The second kappa shape index (κ2) is 4.81. The summed E-state index contributed by atoms with van der Waals surface area (Å²) in [4.78, 5) is 25.0. The molecule has 9 heteroatoms. The Morgan fingerprint density at radius 2 is 2.00 bits per heavy atom. The van der Waals surface area contributed by atoms with Crippen LogP contribution in [0, 0.1) is 6.92 Å². The highest BCUT2D eigenvalue weighted by Crippen LogP contribution is 2.23. The van der Waals surface area contributed by atoms with Crippen molar-refractivity contribution in [1.29, 1.82) is 0 Å². The molecule has 0 fully saturated rings. The van der Waals surface area contributed by atoms with Gasteiger partial charge in [-0.2, -0.15) is 13.2 Å². The van der Waals surface area contributed by atoms with E-state index in [1.807, 2.05) is 0 Å². The van der Waals surface area contributed by atoms with E-state index in [0.717, 1.165) is 6.07 Å². The first-order valence-corrected chi connectivity index (χ1v) is 4.79. The quantitative estimate of drug-likeness (QED) is 0.872. The number of nitrogens with zero attached hydrogens (tertiary/aromatic N) is 1. The first kappa shape index (κ1) is 14.2. The van der Waals surface area contributed by atoms with Crippen molar-refractivity contribution in [3.63, 3.8) is 0 Å². The molecule has 0 atom stereocenters. The van der Waals surface area contributed by atoms with Crippen molar-refractivity contribution in [3.05, 3.63) is 22.3 Å². The predicted octanol–water partition coefficient (Wildman–Crippen LogP) is 2.24. The van der Waals surface area contributed by atoms with Crippen molar-refractivity contribution in [2.45, 2.75) is 13.1 Å². The lowest BCUT2D eigenvalue weighted by molar-refractivity contribution is -0.167. The Labute approximate surface area is 104 Å². The van der Waals surface area contributed by atoms with Crippen LogP contribution in [0.5, 0.6) is 0 Å². The minimum Gasteiger partial charge on any atom is -0.478 e. The summed E-state index contributed by atoms with van der Waals surface area (Å²) in [5, 5.41) is 10.1. The second-order valence-electron chi connectivity index (χ2n) is 3.21. The number of carboxylic acid groups (broad SMARTS) is 1. The van der Waals surface area contributed by atoms with Crippen molar-refractivity contribution >= 4 is 29.3 Å². The number of hydrogen-bond acceptors (Lipinski definition) is 3.